The van der Waals surface area contributed by atoms with Crippen LogP contribution in [-0.4, -0.2) is 42.8 Å². The Hall–Kier alpha value is -2.57. The number of amides is 1. The van der Waals surface area contributed by atoms with Crippen molar-refractivity contribution in [2.75, 3.05) is 31.6 Å². The number of aliphatic hydroxyl groups excluding tert-OH is 1. The molecule has 6 heteroatoms. The maximum absolute atomic E-state index is 11.3. The number of anilines is 1. The number of carbonyl (C=O) groups is 1. The van der Waals surface area contributed by atoms with E-state index in [1.54, 1.807) is 6.07 Å². The normalized spacial score (nSPS) is 12.2. The molecule has 0 saturated heterocycles. The summed E-state index contributed by atoms with van der Waals surface area (Å²) in [6.45, 7) is 6.51. The molecule has 0 spiro atoms. The van der Waals surface area contributed by atoms with E-state index in [0.717, 1.165) is 25.9 Å². The van der Waals surface area contributed by atoms with Gasteiger partial charge in [0, 0.05) is 25.8 Å². The van der Waals surface area contributed by atoms with Gasteiger partial charge in [-0.3, -0.25) is 4.79 Å². The minimum absolute atomic E-state index is 0.0195. The third-order valence-corrected chi connectivity index (χ3v) is 5.11. The van der Waals surface area contributed by atoms with Crippen molar-refractivity contribution in [3.63, 3.8) is 0 Å². The number of aromatic hydroxyl groups is 1. The molecule has 0 radical (unpaired) electrons. The van der Waals surface area contributed by atoms with Crippen LogP contribution in [0.2, 0.25) is 0 Å². The van der Waals surface area contributed by atoms with Crippen molar-refractivity contribution in [1.82, 2.24) is 5.32 Å². The summed E-state index contributed by atoms with van der Waals surface area (Å²) in [5.41, 5.74) is 8.36. The van der Waals surface area contributed by atoms with Gasteiger partial charge in [-0.25, -0.2) is 0 Å². The highest BCUT2D eigenvalue weighted by Gasteiger charge is 2.13. The molecule has 0 fully saturated rings. The first kappa shape index (κ1) is 22.7. The van der Waals surface area contributed by atoms with E-state index >= 15 is 0 Å². The molecule has 2 aromatic carbocycles. The molecule has 29 heavy (non-hydrogen) atoms. The van der Waals surface area contributed by atoms with Crippen LogP contribution in [0.3, 0.4) is 0 Å². The van der Waals surface area contributed by atoms with Crippen LogP contribution in [0.25, 0.3) is 0 Å². The Balaban J connectivity index is 1.69. The van der Waals surface area contributed by atoms with E-state index in [0.29, 0.717) is 18.0 Å². The molecule has 0 saturated carbocycles. The molecule has 0 aliphatic heterocycles. The lowest BCUT2D eigenvalue weighted by molar-refractivity contribution is 0.0997. The lowest BCUT2D eigenvalue weighted by Crippen LogP contribution is -2.24. The van der Waals surface area contributed by atoms with E-state index in [4.69, 9.17) is 5.73 Å². The monoisotopic (exact) mass is 399 g/mol. The number of nitrogens with zero attached hydrogens (tertiary/aromatic N) is 1. The van der Waals surface area contributed by atoms with E-state index in [2.05, 4.69) is 55.4 Å². The lowest BCUT2D eigenvalue weighted by atomic mass is 10.0. The number of aliphatic hydroxyl groups is 1. The number of primary amides is 1. The van der Waals surface area contributed by atoms with Crippen LogP contribution < -0.4 is 16.0 Å². The van der Waals surface area contributed by atoms with Crippen molar-refractivity contribution >= 4 is 11.6 Å². The van der Waals surface area contributed by atoms with Crippen LogP contribution in [0.15, 0.2) is 42.5 Å². The largest absolute Gasteiger partial charge is 0.507 e. The summed E-state index contributed by atoms with van der Waals surface area (Å²) in [5.74, 6) is -0.350. The van der Waals surface area contributed by atoms with Crippen molar-refractivity contribution in [2.45, 2.75) is 38.7 Å². The fourth-order valence-corrected chi connectivity index (χ4v) is 3.16. The van der Waals surface area contributed by atoms with Crippen molar-refractivity contribution in [2.24, 2.45) is 5.73 Å². The summed E-state index contributed by atoms with van der Waals surface area (Å²) in [7, 11) is 2.10. The number of phenols is 1. The smallest absolute Gasteiger partial charge is 0.252 e. The van der Waals surface area contributed by atoms with Crippen LogP contribution in [-0.2, 0) is 0 Å². The molecule has 2 aromatic rings. The van der Waals surface area contributed by atoms with Gasteiger partial charge in [0.15, 0.2) is 0 Å². The van der Waals surface area contributed by atoms with Crippen LogP contribution in [0.1, 0.15) is 60.2 Å². The third kappa shape index (κ3) is 6.76. The molecule has 2 rings (SSSR count). The molecule has 6 nitrogen and oxygen atoms in total. The SMILES string of the molecule is CC(C)c1ccc(N(C)CCCCNCC(O)c2ccc(O)c(C(N)=O)c2)cc1. The molecular formula is C23H33N3O3. The Morgan fingerprint density at radius 2 is 1.76 bits per heavy atom. The zero-order valence-electron chi connectivity index (χ0n) is 17.6. The summed E-state index contributed by atoms with van der Waals surface area (Å²) < 4.78 is 0. The second-order valence-corrected chi connectivity index (χ2v) is 7.74. The topological polar surface area (TPSA) is 98.8 Å². The zero-order chi connectivity index (χ0) is 21.4. The second kappa shape index (κ2) is 10.8. The molecule has 1 unspecified atom stereocenters. The molecular weight excluding hydrogens is 366 g/mol. The second-order valence-electron chi connectivity index (χ2n) is 7.74. The highest BCUT2D eigenvalue weighted by Crippen LogP contribution is 2.22. The van der Waals surface area contributed by atoms with E-state index in [9.17, 15) is 15.0 Å². The summed E-state index contributed by atoms with van der Waals surface area (Å²) >= 11 is 0. The molecule has 1 amide bonds. The summed E-state index contributed by atoms with van der Waals surface area (Å²) in [5, 5.41) is 23.1. The molecule has 0 heterocycles. The van der Waals surface area contributed by atoms with Gasteiger partial charge in [-0.15, -0.1) is 0 Å². The predicted molar refractivity (Wildman–Crippen MR) is 117 cm³/mol. The van der Waals surface area contributed by atoms with Crippen LogP contribution in [0.5, 0.6) is 5.75 Å². The Labute approximate surface area is 173 Å². The van der Waals surface area contributed by atoms with Crippen LogP contribution >= 0.6 is 0 Å². The number of hydrogen-bond donors (Lipinski definition) is 4. The maximum atomic E-state index is 11.3. The van der Waals surface area contributed by atoms with Gasteiger partial charge in [-0.2, -0.15) is 0 Å². The molecule has 0 aliphatic carbocycles. The van der Waals surface area contributed by atoms with E-state index in [1.807, 2.05) is 0 Å². The minimum Gasteiger partial charge on any atom is -0.507 e. The minimum atomic E-state index is -0.768. The van der Waals surface area contributed by atoms with Gasteiger partial charge in [-0.05, 0) is 60.7 Å². The number of carbonyl (C=O) groups excluding carboxylic acids is 1. The third-order valence-electron chi connectivity index (χ3n) is 5.11. The first-order chi connectivity index (χ1) is 13.8. The zero-order valence-corrected chi connectivity index (χ0v) is 17.6. The lowest BCUT2D eigenvalue weighted by Gasteiger charge is -2.20. The van der Waals surface area contributed by atoms with Gasteiger partial charge in [0.05, 0.1) is 11.7 Å². The van der Waals surface area contributed by atoms with Crippen LogP contribution in [0, 0.1) is 0 Å². The van der Waals surface area contributed by atoms with Crippen molar-refractivity contribution in [3.05, 3.63) is 59.2 Å². The molecule has 0 aliphatic rings. The van der Waals surface area contributed by atoms with Gasteiger partial charge in [0.25, 0.3) is 5.91 Å². The Morgan fingerprint density at radius 3 is 2.38 bits per heavy atom. The average Bonchev–Trinajstić information content (AvgIpc) is 2.70. The van der Waals surface area contributed by atoms with Gasteiger partial charge in [-0.1, -0.05) is 32.0 Å². The number of nitrogens with one attached hydrogen (secondary N) is 1. The van der Waals surface area contributed by atoms with Crippen molar-refractivity contribution in [3.8, 4) is 5.75 Å². The average molecular weight is 400 g/mol. The van der Waals surface area contributed by atoms with Crippen molar-refractivity contribution in [1.29, 1.82) is 0 Å². The van der Waals surface area contributed by atoms with Crippen LogP contribution in [0.4, 0.5) is 5.69 Å². The van der Waals surface area contributed by atoms with Gasteiger partial charge in [0.2, 0.25) is 0 Å². The molecule has 0 aromatic heterocycles. The van der Waals surface area contributed by atoms with Gasteiger partial charge in [0.1, 0.15) is 5.75 Å². The number of nitrogens with two attached hydrogens (primary N) is 1. The fraction of sp³-hybridized carbons (Fsp3) is 0.435. The fourth-order valence-electron chi connectivity index (χ4n) is 3.16. The van der Waals surface area contributed by atoms with Gasteiger partial charge < -0.3 is 26.2 Å². The van der Waals surface area contributed by atoms with E-state index in [-0.39, 0.29) is 11.3 Å². The predicted octanol–water partition coefficient (Wildman–Crippen LogP) is 3.15. The van der Waals surface area contributed by atoms with Crippen molar-refractivity contribution < 1.29 is 15.0 Å². The summed E-state index contributed by atoms with van der Waals surface area (Å²) in [6.07, 6.45) is 1.26. The summed E-state index contributed by atoms with van der Waals surface area (Å²) in [4.78, 5) is 13.5. The number of hydrogen-bond acceptors (Lipinski definition) is 5. The van der Waals surface area contributed by atoms with E-state index in [1.165, 1.54) is 23.4 Å². The standard InChI is InChI=1S/C23H33N3O3/c1-16(2)17-6-9-19(10-7-17)26(3)13-5-4-12-25-15-22(28)18-8-11-21(27)20(14-18)23(24)29/h6-11,14,16,22,25,27-28H,4-5,12-13,15H2,1-3H3,(H2,24,29). The van der Waals surface area contributed by atoms with Gasteiger partial charge >= 0.3 is 0 Å². The number of unbranched alkanes of at least 4 members (excludes halogenated alkanes) is 1. The van der Waals surface area contributed by atoms with E-state index < -0.39 is 12.0 Å². The molecule has 1 atom stereocenters. The number of benzene rings is 2. The first-order valence-electron chi connectivity index (χ1n) is 10.1. The highest BCUT2D eigenvalue weighted by atomic mass is 16.3. The molecule has 5 N–H and O–H groups in total. The molecule has 0 bridgehead atoms. The highest BCUT2D eigenvalue weighted by molar-refractivity contribution is 5.95. The Bertz CT molecular complexity index is 790. The first-order valence-corrected chi connectivity index (χ1v) is 10.1. The Morgan fingerprint density at radius 1 is 1.10 bits per heavy atom. The maximum Gasteiger partial charge on any atom is 0.252 e. The Kier molecular flexibility index (Phi) is 8.49. The molecule has 158 valence electrons. The summed E-state index contributed by atoms with van der Waals surface area (Å²) in [6, 6.07) is 13.1. The quantitative estimate of drug-likeness (QED) is 0.435. The number of rotatable bonds is 11.